The molecule has 0 aliphatic carbocycles. The van der Waals surface area contributed by atoms with Crippen molar-refractivity contribution in [2.24, 2.45) is 12.0 Å². The predicted molar refractivity (Wildman–Crippen MR) is 92.7 cm³/mol. The lowest BCUT2D eigenvalue weighted by molar-refractivity contribution is 0.382. The first-order chi connectivity index (χ1) is 11.6. The van der Waals surface area contributed by atoms with Crippen molar-refractivity contribution in [3.63, 3.8) is 0 Å². The molecule has 0 bridgehead atoms. The summed E-state index contributed by atoms with van der Waals surface area (Å²) in [6.45, 7) is 2.21. The molecule has 1 aliphatic rings. The molecular weight excluding hydrogens is 326 g/mol. The lowest BCUT2D eigenvalue weighted by atomic mass is 9.95. The zero-order valence-corrected chi connectivity index (χ0v) is 14.0. The quantitative estimate of drug-likeness (QED) is 0.683. The fraction of sp³-hybridized carbons (Fsp3) is 0.167. The summed E-state index contributed by atoms with van der Waals surface area (Å²) in [5, 5.41) is 4.67. The smallest absolute Gasteiger partial charge is 0.260 e. The Balaban J connectivity index is 2.05. The normalized spacial score (nSPS) is 13.0. The summed E-state index contributed by atoms with van der Waals surface area (Å²) in [5.41, 5.74) is 4.37. The average Bonchev–Trinajstić information content (AvgIpc) is 2.85. The van der Waals surface area contributed by atoms with Gasteiger partial charge in [0, 0.05) is 29.4 Å². The molecule has 4 rings (SSSR count). The minimum absolute atomic E-state index is 0.102. The molecule has 0 atom stereocenters. The Bertz CT molecular complexity index is 1030. The van der Waals surface area contributed by atoms with E-state index in [1.807, 2.05) is 25.1 Å². The van der Waals surface area contributed by atoms with Crippen molar-refractivity contribution in [1.29, 1.82) is 0 Å². The van der Waals surface area contributed by atoms with Gasteiger partial charge < -0.3 is 9.09 Å². The molecule has 24 heavy (non-hydrogen) atoms. The Morgan fingerprint density at radius 1 is 1.17 bits per heavy atom. The summed E-state index contributed by atoms with van der Waals surface area (Å²) in [6, 6.07) is 9.24. The van der Waals surface area contributed by atoms with Crippen LogP contribution in [0.3, 0.4) is 0 Å². The SMILES string of the molecule is Cc1noc2c1-c1ccn(C)c(=O)c1C(c1ccc(Cl)cc1)=NC2. The fourth-order valence-corrected chi connectivity index (χ4v) is 3.14. The molecule has 1 aromatic carbocycles. The number of pyridine rings is 1. The third kappa shape index (κ3) is 2.20. The van der Waals surface area contributed by atoms with Gasteiger partial charge in [-0.25, -0.2) is 0 Å². The second-order valence-corrected chi connectivity index (χ2v) is 6.19. The van der Waals surface area contributed by atoms with Gasteiger partial charge in [-0.1, -0.05) is 28.9 Å². The van der Waals surface area contributed by atoms with Crippen molar-refractivity contribution >= 4 is 17.3 Å². The summed E-state index contributed by atoms with van der Waals surface area (Å²) < 4.78 is 6.96. The molecule has 0 spiro atoms. The maximum Gasteiger partial charge on any atom is 0.260 e. The lowest BCUT2D eigenvalue weighted by Crippen LogP contribution is -2.25. The average molecular weight is 340 g/mol. The van der Waals surface area contributed by atoms with Crippen molar-refractivity contribution in [2.75, 3.05) is 0 Å². The number of halogens is 1. The number of fused-ring (bicyclic) bond motifs is 3. The third-order valence-electron chi connectivity index (χ3n) is 4.21. The first-order valence-corrected chi connectivity index (χ1v) is 7.90. The van der Waals surface area contributed by atoms with E-state index in [0.717, 1.165) is 22.4 Å². The van der Waals surface area contributed by atoms with Gasteiger partial charge in [-0.15, -0.1) is 0 Å². The zero-order chi connectivity index (χ0) is 16.8. The van der Waals surface area contributed by atoms with E-state index >= 15 is 0 Å². The predicted octanol–water partition coefficient (Wildman–Crippen LogP) is 3.35. The maximum atomic E-state index is 12.9. The first-order valence-electron chi connectivity index (χ1n) is 7.52. The highest BCUT2D eigenvalue weighted by molar-refractivity contribution is 6.30. The fourth-order valence-electron chi connectivity index (χ4n) is 3.01. The van der Waals surface area contributed by atoms with Crippen LogP contribution >= 0.6 is 11.6 Å². The molecule has 1 aliphatic heterocycles. The zero-order valence-electron chi connectivity index (χ0n) is 13.2. The number of aryl methyl sites for hydroxylation is 2. The van der Waals surface area contributed by atoms with Gasteiger partial charge >= 0.3 is 0 Å². The Morgan fingerprint density at radius 3 is 2.67 bits per heavy atom. The van der Waals surface area contributed by atoms with E-state index in [-0.39, 0.29) is 5.56 Å². The van der Waals surface area contributed by atoms with Crippen LogP contribution < -0.4 is 5.56 Å². The van der Waals surface area contributed by atoms with Gasteiger partial charge in [0.05, 0.1) is 22.5 Å². The van der Waals surface area contributed by atoms with E-state index in [1.54, 1.807) is 29.9 Å². The number of hydrogen-bond acceptors (Lipinski definition) is 4. The molecule has 0 saturated heterocycles. The molecule has 0 saturated carbocycles. The molecule has 0 unspecified atom stereocenters. The summed E-state index contributed by atoms with van der Waals surface area (Å²) in [6.07, 6.45) is 1.75. The second kappa shape index (κ2) is 5.46. The van der Waals surface area contributed by atoms with Crippen molar-refractivity contribution in [3.05, 3.63) is 74.5 Å². The number of rotatable bonds is 1. The van der Waals surface area contributed by atoms with Crippen LogP contribution in [0.25, 0.3) is 11.1 Å². The van der Waals surface area contributed by atoms with Crippen molar-refractivity contribution in [1.82, 2.24) is 9.72 Å². The van der Waals surface area contributed by atoms with Crippen LogP contribution in [0.1, 0.15) is 22.6 Å². The Kier molecular flexibility index (Phi) is 3.39. The summed E-state index contributed by atoms with van der Waals surface area (Å²) in [5.74, 6) is 0.672. The molecule has 6 heteroatoms. The minimum Gasteiger partial charge on any atom is -0.358 e. The van der Waals surface area contributed by atoms with E-state index < -0.39 is 0 Å². The van der Waals surface area contributed by atoms with Crippen molar-refractivity contribution < 1.29 is 4.52 Å². The third-order valence-corrected chi connectivity index (χ3v) is 4.46. The maximum absolute atomic E-state index is 12.9. The van der Waals surface area contributed by atoms with Crippen LogP contribution in [0.15, 0.2) is 50.8 Å². The van der Waals surface area contributed by atoms with Gasteiger partial charge in [-0.05, 0) is 25.1 Å². The monoisotopic (exact) mass is 339 g/mol. The lowest BCUT2D eigenvalue weighted by Gasteiger charge is -2.11. The van der Waals surface area contributed by atoms with Crippen LogP contribution in [0.4, 0.5) is 0 Å². The van der Waals surface area contributed by atoms with Crippen LogP contribution in [-0.2, 0) is 13.6 Å². The number of aromatic nitrogens is 2. The van der Waals surface area contributed by atoms with E-state index in [2.05, 4.69) is 10.1 Å². The van der Waals surface area contributed by atoms with Gasteiger partial charge in [0.25, 0.3) is 5.56 Å². The van der Waals surface area contributed by atoms with Crippen LogP contribution in [0.2, 0.25) is 5.02 Å². The molecule has 3 aromatic rings. The van der Waals surface area contributed by atoms with E-state index in [1.165, 1.54) is 0 Å². The first kappa shape index (κ1) is 14.9. The van der Waals surface area contributed by atoms with Gasteiger partial charge in [0.2, 0.25) is 0 Å². The van der Waals surface area contributed by atoms with Crippen LogP contribution in [-0.4, -0.2) is 15.4 Å². The van der Waals surface area contributed by atoms with E-state index in [0.29, 0.717) is 28.6 Å². The summed E-state index contributed by atoms with van der Waals surface area (Å²) in [7, 11) is 1.73. The molecule has 0 radical (unpaired) electrons. The molecule has 0 fully saturated rings. The molecule has 0 N–H and O–H groups in total. The Morgan fingerprint density at radius 2 is 1.92 bits per heavy atom. The number of hydrogen-bond donors (Lipinski definition) is 0. The van der Waals surface area contributed by atoms with Gasteiger partial charge in [-0.2, -0.15) is 0 Å². The highest BCUT2D eigenvalue weighted by atomic mass is 35.5. The molecule has 5 nitrogen and oxygen atoms in total. The number of benzene rings is 1. The van der Waals surface area contributed by atoms with E-state index in [9.17, 15) is 4.79 Å². The summed E-state index contributed by atoms with van der Waals surface area (Å²) in [4.78, 5) is 17.5. The molecule has 2 aromatic heterocycles. The van der Waals surface area contributed by atoms with Crippen LogP contribution in [0, 0.1) is 6.92 Å². The minimum atomic E-state index is -0.102. The second-order valence-electron chi connectivity index (χ2n) is 5.76. The topological polar surface area (TPSA) is 60.4 Å². The van der Waals surface area contributed by atoms with Gasteiger partial charge in [0.15, 0.2) is 5.76 Å². The Labute approximate surface area is 143 Å². The van der Waals surface area contributed by atoms with Gasteiger partial charge in [-0.3, -0.25) is 9.79 Å². The Hall–Kier alpha value is -2.66. The molecule has 0 amide bonds. The summed E-state index contributed by atoms with van der Waals surface area (Å²) >= 11 is 5.99. The standard InChI is InChI=1S/C18H14ClN3O2/c1-10-15-13-7-8-22(2)18(23)16(13)17(20-9-14(15)24-21-10)11-3-5-12(19)6-4-11/h3-8H,9H2,1-2H3. The molecule has 3 heterocycles. The highest BCUT2D eigenvalue weighted by Crippen LogP contribution is 2.33. The van der Waals surface area contributed by atoms with Crippen LogP contribution in [0.5, 0.6) is 0 Å². The highest BCUT2D eigenvalue weighted by Gasteiger charge is 2.26. The van der Waals surface area contributed by atoms with E-state index in [4.69, 9.17) is 16.1 Å². The largest absolute Gasteiger partial charge is 0.358 e. The number of nitrogens with zero attached hydrogens (tertiary/aromatic N) is 3. The van der Waals surface area contributed by atoms with Gasteiger partial charge in [0.1, 0.15) is 6.54 Å². The van der Waals surface area contributed by atoms with Crippen molar-refractivity contribution in [3.8, 4) is 11.1 Å². The molecular formula is C18H14ClN3O2. The number of aliphatic imine (C=N–C) groups is 1. The van der Waals surface area contributed by atoms with Crippen molar-refractivity contribution in [2.45, 2.75) is 13.5 Å². The molecule has 120 valence electrons.